The Morgan fingerprint density at radius 3 is 2.21 bits per heavy atom. The normalized spacial score (nSPS) is 20.1. The van der Waals surface area contributed by atoms with E-state index in [2.05, 4.69) is 56.3 Å². The Hall–Kier alpha value is -1.36. The molecular formula is C28H39N2O2Y+. The van der Waals surface area contributed by atoms with Gasteiger partial charge in [-0.1, -0.05) is 48.5 Å². The van der Waals surface area contributed by atoms with Crippen LogP contribution in [0.15, 0.2) is 48.5 Å². The third kappa shape index (κ3) is 7.31. The minimum absolute atomic E-state index is 0. The first-order chi connectivity index (χ1) is 15.4. The van der Waals surface area contributed by atoms with Crippen molar-refractivity contribution in [2.75, 3.05) is 32.7 Å². The minimum Gasteiger partial charge on any atom is -0.343 e. The number of piperidine rings is 1. The van der Waals surface area contributed by atoms with E-state index in [9.17, 15) is 9.59 Å². The van der Waals surface area contributed by atoms with Gasteiger partial charge < -0.3 is 9.38 Å². The van der Waals surface area contributed by atoms with E-state index in [4.69, 9.17) is 0 Å². The maximum Gasteiger partial charge on any atom is 0.231 e. The monoisotopic (exact) mass is 524 g/mol. The maximum absolute atomic E-state index is 13.4. The zero-order valence-electron chi connectivity index (χ0n) is 20.8. The molecule has 1 aliphatic rings. The van der Waals surface area contributed by atoms with Gasteiger partial charge in [-0.15, -0.1) is 0 Å². The molecule has 2 aromatic rings. The first-order valence-electron chi connectivity index (χ1n) is 12.1. The van der Waals surface area contributed by atoms with Crippen LogP contribution in [0.1, 0.15) is 48.9 Å². The fourth-order valence-corrected chi connectivity index (χ4v) is 5.39. The molecule has 1 fully saturated rings. The molecule has 0 bridgehead atoms. The number of rotatable bonds is 9. The molecule has 2 unspecified atom stereocenters. The topological polar surface area (TPSA) is 37.4 Å². The van der Waals surface area contributed by atoms with Gasteiger partial charge in [-0.3, -0.25) is 9.59 Å². The minimum atomic E-state index is 0. The van der Waals surface area contributed by atoms with E-state index in [0.29, 0.717) is 17.4 Å². The van der Waals surface area contributed by atoms with Crippen LogP contribution in [0.5, 0.6) is 0 Å². The van der Waals surface area contributed by atoms with Gasteiger partial charge in [0.1, 0.15) is 13.1 Å². The van der Waals surface area contributed by atoms with Crippen LogP contribution in [-0.2, 0) is 55.3 Å². The Labute approximate surface area is 225 Å². The molecule has 2 atom stereocenters. The first-order valence-corrected chi connectivity index (χ1v) is 12.1. The van der Waals surface area contributed by atoms with Gasteiger partial charge in [-0.2, -0.15) is 0 Å². The number of hydrogen-bond donors (Lipinski definition) is 0. The molecule has 2 aromatic carbocycles. The summed E-state index contributed by atoms with van der Waals surface area (Å²) in [5.41, 5.74) is 4.76. The molecule has 1 heterocycles. The van der Waals surface area contributed by atoms with Crippen LogP contribution >= 0.6 is 0 Å². The number of ketones is 1. The molecule has 0 aliphatic carbocycles. The summed E-state index contributed by atoms with van der Waals surface area (Å²) in [4.78, 5) is 28.5. The number of nitrogens with zero attached hydrogens (tertiary/aromatic N) is 2. The number of quaternary nitrogens is 1. The van der Waals surface area contributed by atoms with E-state index in [0.717, 1.165) is 51.1 Å². The summed E-state index contributed by atoms with van der Waals surface area (Å²) in [6.07, 6.45) is 2.39. The summed E-state index contributed by atoms with van der Waals surface area (Å²) in [5.74, 6) is 0.530. The Bertz CT molecular complexity index is 906. The van der Waals surface area contributed by atoms with Gasteiger partial charge in [0.05, 0.1) is 19.0 Å². The smallest absolute Gasteiger partial charge is 0.231 e. The summed E-state index contributed by atoms with van der Waals surface area (Å²) in [7, 11) is 0. The van der Waals surface area contributed by atoms with E-state index in [1.54, 1.807) is 0 Å². The standard InChI is InChI=1S/C28H39N2O2.Y/c1-5-29(6-2)28(32)25-16-11-17-30(20-25,19-24-14-8-7-9-15-24)21-26(31)18-27-22(3)12-10-13-23(27)4;/h7-10,12-15,25H,5-6,11,16-21H2,1-4H3;/q+1;. The van der Waals surface area contributed by atoms with Crippen LogP contribution in [0.3, 0.4) is 0 Å². The van der Waals surface area contributed by atoms with Crippen LogP contribution in [0.4, 0.5) is 0 Å². The van der Waals surface area contributed by atoms with Gasteiger partial charge in [0.2, 0.25) is 5.91 Å². The molecule has 1 aliphatic heterocycles. The summed E-state index contributed by atoms with van der Waals surface area (Å²) in [6.45, 7) is 12.8. The zero-order valence-corrected chi connectivity index (χ0v) is 23.7. The van der Waals surface area contributed by atoms with Crippen molar-refractivity contribution in [1.29, 1.82) is 0 Å². The van der Waals surface area contributed by atoms with Crippen LogP contribution in [-0.4, -0.2) is 53.8 Å². The van der Waals surface area contributed by atoms with E-state index in [1.165, 1.54) is 16.7 Å². The van der Waals surface area contributed by atoms with Gasteiger partial charge in [0.15, 0.2) is 5.78 Å². The molecule has 4 nitrogen and oxygen atoms in total. The fraction of sp³-hybridized carbons (Fsp3) is 0.500. The average Bonchev–Trinajstić information content (AvgIpc) is 2.78. The zero-order chi connectivity index (χ0) is 23.1. The Kier molecular flexibility index (Phi) is 10.9. The molecule has 3 rings (SSSR count). The average molecular weight is 525 g/mol. The van der Waals surface area contributed by atoms with Crippen LogP contribution in [0.2, 0.25) is 0 Å². The summed E-state index contributed by atoms with van der Waals surface area (Å²) in [6, 6.07) is 16.7. The number of carbonyl (C=O) groups is 2. The van der Waals surface area contributed by atoms with E-state index < -0.39 is 0 Å². The Balaban J connectivity index is 0.00000385. The van der Waals surface area contributed by atoms with E-state index >= 15 is 0 Å². The Morgan fingerprint density at radius 1 is 0.970 bits per heavy atom. The van der Waals surface area contributed by atoms with Gasteiger partial charge >= 0.3 is 0 Å². The van der Waals surface area contributed by atoms with Crippen molar-refractivity contribution in [2.45, 2.75) is 53.5 Å². The van der Waals surface area contributed by atoms with Crippen molar-refractivity contribution < 1.29 is 46.8 Å². The summed E-state index contributed by atoms with van der Waals surface area (Å²) in [5, 5.41) is 0. The van der Waals surface area contributed by atoms with Crippen molar-refractivity contribution in [3.8, 4) is 0 Å². The SMILES string of the molecule is CCN(CC)C(=O)C1CCC[N+](CC(=O)Cc2c(C)cccc2C)(Cc2ccccc2)C1.[Y]. The van der Waals surface area contributed by atoms with Crippen molar-refractivity contribution >= 4 is 11.7 Å². The molecule has 0 aromatic heterocycles. The quantitative estimate of drug-likeness (QED) is 0.446. The number of aryl methyl sites for hydroxylation is 2. The van der Waals surface area contributed by atoms with Gasteiger partial charge in [0, 0.05) is 57.8 Å². The van der Waals surface area contributed by atoms with Gasteiger partial charge in [0.25, 0.3) is 0 Å². The van der Waals surface area contributed by atoms with Crippen molar-refractivity contribution in [1.82, 2.24) is 4.90 Å². The summed E-state index contributed by atoms with van der Waals surface area (Å²) < 4.78 is 0.686. The molecule has 33 heavy (non-hydrogen) atoms. The van der Waals surface area contributed by atoms with Crippen LogP contribution < -0.4 is 0 Å². The van der Waals surface area contributed by atoms with Gasteiger partial charge in [-0.05, 0) is 57.2 Å². The molecule has 0 spiro atoms. The molecule has 1 saturated heterocycles. The van der Waals surface area contributed by atoms with Crippen LogP contribution in [0.25, 0.3) is 0 Å². The molecular weight excluding hydrogens is 485 g/mol. The number of likely N-dealkylation sites (tertiary alicyclic amines) is 1. The Morgan fingerprint density at radius 2 is 1.61 bits per heavy atom. The number of Topliss-reactive ketones (excluding diaryl/α,β-unsaturated/α-hetero) is 1. The second-order valence-electron chi connectivity index (χ2n) is 9.49. The van der Waals surface area contributed by atoms with Crippen LogP contribution in [0, 0.1) is 19.8 Å². The first kappa shape index (κ1) is 27.9. The summed E-state index contributed by atoms with van der Waals surface area (Å²) >= 11 is 0. The molecule has 5 heteroatoms. The number of hydrogen-bond acceptors (Lipinski definition) is 2. The third-order valence-corrected chi connectivity index (χ3v) is 7.11. The predicted octanol–water partition coefficient (Wildman–Crippen LogP) is 4.71. The number of amides is 1. The van der Waals surface area contributed by atoms with E-state index in [1.807, 2.05) is 24.8 Å². The molecule has 1 amide bonds. The predicted molar refractivity (Wildman–Crippen MR) is 130 cm³/mol. The van der Waals surface area contributed by atoms with Crippen molar-refractivity contribution in [3.63, 3.8) is 0 Å². The van der Waals surface area contributed by atoms with E-state index in [-0.39, 0.29) is 50.3 Å². The van der Waals surface area contributed by atoms with Crippen molar-refractivity contribution in [3.05, 3.63) is 70.8 Å². The molecule has 175 valence electrons. The van der Waals surface area contributed by atoms with Crippen molar-refractivity contribution in [2.24, 2.45) is 5.92 Å². The second kappa shape index (κ2) is 12.9. The molecule has 0 N–H and O–H groups in total. The third-order valence-electron chi connectivity index (χ3n) is 7.11. The van der Waals surface area contributed by atoms with Gasteiger partial charge in [-0.25, -0.2) is 0 Å². The second-order valence-corrected chi connectivity index (χ2v) is 9.49. The number of carbonyl (C=O) groups excluding carboxylic acids is 2. The fourth-order valence-electron chi connectivity index (χ4n) is 5.39. The molecule has 0 saturated carbocycles. The number of benzene rings is 2. The molecule has 1 radical (unpaired) electrons. The largest absolute Gasteiger partial charge is 0.343 e. The maximum atomic E-state index is 13.4.